The molecule has 1 aromatic carbocycles. The number of allylic oxidation sites excluding steroid dienone is 3. The van der Waals surface area contributed by atoms with Crippen molar-refractivity contribution in [2.45, 2.75) is 124 Å². The number of fused-ring (bicyclic) bond motifs is 5. The molecule has 6 nitrogen and oxygen atoms in total. The molecule has 258 valence electrons. The van der Waals surface area contributed by atoms with Crippen LogP contribution in [0.4, 0.5) is 5.69 Å². The van der Waals surface area contributed by atoms with E-state index in [-0.39, 0.29) is 36.0 Å². The predicted molar refractivity (Wildman–Crippen MR) is 188 cm³/mol. The van der Waals surface area contributed by atoms with Crippen LogP contribution in [0, 0.1) is 58.7 Å². The number of carbonyl (C=O) groups excluding carboxylic acids is 2. The Balaban J connectivity index is 1.21. The summed E-state index contributed by atoms with van der Waals surface area (Å²) in [4.78, 5) is 26.9. The van der Waals surface area contributed by atoms with Crippen LogP contribution >= 0.6 is 0 Å². The van der Waals surface area contributed by atoms with Gasteiger partial charge >= 0.3 is 11.9 Å². The molecule has 6 heteroatoms. The number of rotatable bonds is 9. The number of nitrogen functional groups attached to an aromatic ring is 1. The Labute approximate surface area is 283 Å². The Hall–Kier alpha value is -2.76. The van der Waals surface area contributed by atoms with Gasteiger partial charge in [0.1, 0.15) is 12.2 Å². The van der Waals surface area contributed by atoms with Gasteiger partial charge in [0.2, 0.25) is 0 Å². The number of carbonyl (C=O) groups is 2. The average molecular weight is 645 g/mol. The highest BCUT2D eigenvalue weighted by Crippen LogP contribution is 2.66. The van der Waals surface area contributed by atoms with Crippen molar-refractivity contribution in [3.05, 3.63) is 53.3 Å². The van der Waals surface area contributed by atoms with E-state index in [1.165, 1.54) is 44.9 Å². The summed E-state index contributed by atoms with van der Waals surface area (Å²) < 4.78 is 12.7. The first-order valence-corrected chi connectivity index (χ1v) is 18.9. The van der Waals surface area contributed by atoms with E-state index in [1.54, 1.807) is 24.3 Å². The summed E-state index contributed by atoms with van der Waals surface area (Å²) in [6.07, 6.45) is 16.8. The molecule has 11 atom stereocenters. The Morgan fingerprint density at radius 3 is 2.32 bits per heavy atom. The van der Waals surface area contributed by atoms with Gasteiger partial charge in [0, 0.05) is 22.9 Å². The summed E-state index contributed by atoms with van der Waals surface area (Å²) in [5.74, 6) is 4.62. The lowest BCUT2D eigenvalue weighted by molar-refractivity contribution is -0.169. The molecule has 0 heterocycles. The molecule has 4 saturated carbocycles. The van der Waals surface area contributed by atoms with E-state index >= 15 is 0 Å². The van der Waals surface area contributed by atoms with Crippen LogP contribution in [0.2, 0.25) is 0 Å². The summed E-state index contributed by atoms with van der Waals surface area (Å²) in [5, 5.41) is 0. The van der Waals surface area contributed by atoms with Crippen LogP contribution in [0.1, 0.15) is 122 Å². The average Bonchev–Trinajstić information content (AvgIpc) is 3.40. The van der Waals surface area contributed by atoms with E-state index < -0.39 is 0 Å². The van der Waals surface area contributed by atoms with Gasteiger partial charge in [-0.3, -0.25) is 0 Å². The fourth-order valence-electron chi connectivity index (χ4n) is 11.1. The Morgan fingerprint density at radius 2 is 1.60 bits per heavy atom. The number of esters is 2. The minimum atomic E-state index is -0.297. The maximum absolute atomic E-state index is 13.7. The molecular formula is C41H60N2O4. The SMILES string of the molecule is CC(C)CCCC(C)C1CCC2C3CC(OC(=O)C4=CC=C(N)C(C)C4)C4CC(OC(=O)c5ccc(N)cc5)CCC4C3CCC12C. The number of nitrogens with two attached hydrogens (primary N) is 2. The molecule has 5 aliphatic rings. The molecule has 0 radical (unpaired) electrons. The van der Waals surface area contributed by atoms with Crippen LogP contribution in [0.25, 0.3) is 0 Å². The van der Waals surface area contributed by atoms with E-state index in [0.717, 1.165) is 54.7 Å². The first-order chi connectivity index (χ1) is 22.4. The third-order valence-corrected chi connectivity index (χ3v) is 13.6. The first-order valence-electron chi connectivity index (χ1n) is 18.9. The van der Waals surface area contributed by atoms with Crippen LogP contribution in [0.15, 0.2) is 47.7 Å². The third-order valence-electron chi connectivity index (χ3n) is 13.6. The van der Waals surface area contributed by atoms with Gasteiger partial charge in [-0.15, -0.1) is 0 Å². The number of hydrogen-bond acceptors (Lipinski definition) is 6. The molecular weight excluding hydrogens is 584 g/mol. The van der Waals surface area contributed by atoms with Gasteiger partial charge in [-0.25, -0.2) is 9.59 Å². The zero-order chi connectivity index (χ0) is 33.5. The quantitative estimate of drug-likeness (QED) is 0.206. The van der Waals surface area contributed by atoms with Crippen LogP contribution < -0.4 is 11.5 Å². The maximum atomic E-state index is 13.7. The van der Waals surface area contributed by atoms with Gasteiger partial charge in [-0.2, -0.15) is 0 Å². The van der Waals surface area contributed by atoms with E-state index in [4.69, 9.17) is 20.9 Å². The van der Waals surface area contributed by atoms with Crippen molar-refractivity contribution in [1.29, 1.82) is 0 Å². The molecule has 0 amide bonds. The molecule has 0 aromatic heterocycles. The van der Waals surface area contributed by atoms with Crippen LogP contribution in [0.5, 0.6) is 0 Å². The van der Waals surface area contributed by atoms with Crippen molar-refractivity contribution in [3.8, 4) is 0 Å². The fourth-order valence-corrected chi connectivity index (χ4v) is 11.1. The predicted octanol–water partition coefficient (Wildman–Crippen LogP) is 8.86. The van der Waals surface area contributed by atoms with E-state index in [1.807, 2.05) is 12.2 Å². The zero-order valence-corrected chi connectivity index (χ0v) is 29.6. The van der Waals surface area contributed by atoms with Crippen molar-refractivity contribution in [2.75, 3.05) is 5.73 Å². The van der Waals surface area contributed by atoms with Crippen LogP contribution in [-0.2, 0) is 14.3 Å². The van der Waals surface area contributed by atoms with Gasteiger partial charge in [0.15, 0.2) is 0 Å². The molecule has 5 aliphatic carbocycles. The monoisotopic (exact) mass is 644 g/mol. The second kappa shape index (κ2) is 14.0. The van der Waals surface area contributed by atoms with Crippen molar-refractivity contribution >= 4 is 17.6 Å². The minimum Gasteiger partial charge on any atom is -0.459 e. The Bertz CT molecular complexity index is 1350. The first kappa shape index (κ1) is 34.1. The Morgan fingerprint density at radius 1 is 0.851 bits per heavy atom. The lowest BCUT2D eigenvalue weighted by Gasteiger charge is -2.58. The summed E-state index contributed by atoms with van der Waals surface area (Å²) in [7, 11) is 0. The smallest absolute Gasteiger partial charge is 0.338 e. The second-order valence-corrected chi connectivity index (χ2v) is 16.9. The lowest BCUT2D eigenvalue weighted by atomic mass is 9.48. The second-order valence-electron chi connectivity index (χ2n) is 16.9. The molecule has 4 N–H and O–H groups in total. The molecule has 6 rings (SSSR count). The highest BCUT2D eigenvalue weighted by atomic mass is 16.6. The van der Waals surface area contributed by atoms with E-state index in [9.17, 15) is 9.59 Å². The molecule has 47 heavy (non-hydrogen) atoms. The van der Waals surface area contributed by atoms with Crippen LogP contribution in [-0.4, -0.2) is 24.1 Å². The van der Waals surface area contributed by atoms with Gasteiger partial charge in [-0.1, -0.05) is 60.0 Å². The molecule has 1 aromatic rings. The fraction of sp³-hybridized carbons (Fsp3) is 0.707. The summed E-state index contributed by atoms with van der Waals surface area (Å²) in [6, 6.07) is 6.95. The Kier molecular flexibility index (Phi) is 10.2. The molecule has 11 unspecified atom stereocenters. The summed E-state index contributed by atoms with van der Waals surface area (Å²) >= 11 is 0. The molecule has 0 spiro atoms. The topological polar surface area (TPSA) is 105 Å². The van der Waals surface area contributed by atoms with Gasteiger partial charge in [0.05, 0.1) is 5.56 Å². The van der Waals surface area contributed by atoms with Crippen molar-refractivity contribution in [1.82, 2.24) is 0 Å². The van der Waals surface area contributed by atoms with Crippen molar-refractivity contribution in [3.63, 3.8) is 0 Å². The standard InChI is InChI=1S/C41H60N2O4/c1-24(2)7-6-8-25(3)35-16-17-36-33-23-38(47-40(45)28-11-18-37(43)26(4)21-28)34-22-30(46-39(44)27-9-12-29(42)13-10-27)14-15-31(34)32(33)19-20-41(35,36)5/h9-13,18,24-26,30-36,38H,6-8,14-17,19-23,42-43H2,1-5H3. The molecule has 0 aliphatic heterocycles. The van der Waals surface area contributed by atoms with E-state index in [0.29, 0.717) is 46.8 Å². The van der Waals surface area contributed by atoms with Gasteiger partial charge in [-0.05, 0) is 141 Å². The van der Waals surface area contributed by atoms with E-state index in [2.05, 4.69) is 34.6 Å². The lowest BCUT2D eigenvalue weighted by Crippen LogP contribution is -2.54. The van der Waals surface area contributed by atoms with Crippen LogP contribution in [0.3, 0.4) is 0 Å². The number of benzene rings is 1. The number of hydrogen-bond donors (Lipinski definition) is 2. The van der Waals surface area contributed by atoms with Gasteiger partial charge < -0.3 is 20.9 Å². The largest absolute Gasteiger partial charge is 0.459 e. The normalized spacial score (nSPS) is 37.1. The number of anilines is 1. The van der Waals surface area contributed by atoms with Crippen molar-refractivity contribution in [2.24, 2.45) is 64.4 Å². The van der Waals surface area contributed by atoms with Crippen molar-refractivity contribution < 1.29 is 19.1 Å². The third kappa shape index (κ3) is 7.04. The summed E-state index contributed by atoms with van der Waals surface area (Å²) in [5.41, 5.74) is 15.0. The highest BCUT2D eigenvalue weighted by molar-refractivity contribution is 5.90. The zero-order valence-electron chi connectivity index (χ0n) is 29.6. The maximum Gasteiger partial charge on any atom is 0.338 e. The summed E-state index contributed by atoms with van der Waals surface area (Å²) in [6.45, 7) is 11.9. The number of ether oxygens (including phenoxy) is 2. The molecule has 0 bridgehead atoms. The van der Waals surface area contributed by atoms with Gasteiger partial charge in [0.25, 0.3) is 0 Å². The minimum absolute atomic E-state index is 0.134. The molecule has 4 fully saturated rings. The molecule has 0 saturated heterocycles. The highest BCUT2D eigenvalue weighted by Gasteiger charge is 2.60.